The van der Waals surface area contributed by atoms with E-state index in [1.165, 1.54) is 53.9 Å². The second kappa shape index (κ2) is 12.2. The van der Waals surface area contributed by atoms with Gasteiger partial charge >= 0.3 is 0 Å². The van der Waals surface area contributed by atoms with Crippen LogP contribution in [0.25, 0.3) is 97.3 Å². The smallest absolute Gasteiger partial charge is 0.139 e. The lowest BCUT2D eigenvalue weighted by molar-refractivity contribution is 0.468. The second-order valence-electron chi connectivity index (χ2n) is 15.2. The van der Waals surface area contributed by atoms with Crippen LogP contribution in [0.1, 0.15) is 22.3 Å². The maximum atomic E-state index is 12.3. The Bertz CT molecular complexity index is 3540. The van der Waals surface area contributed by atoms with Crippen LogP contribution in [0.4, 0.5) is 0 Å². The molecule has 0 aliphatic carbocycles. The Morgan fingerprint density at radius 2 is 0.586 bits per heavy atom. The van der Waals surface area contributed by atoms with Crippen molar-refractivity contribution in [3.63, 3.8) is 0 Å². The van der Waals surface area contributed by atoms with Gasteiger partial charge in [-0.15, -0.1) is 0 Å². The zero-order chi connectivity index (χ0) is 38.5. The van der Waals surface area contributed by atoms with Gasteiger partial charge in [0.25, 0.3) is 0 Å². The molecule has 0 aliphatic heterocycles. The molecule has 0 amide bonds. The van der Waals surface area contributed by atoms with Crippen LogP contribution in [0.5, 0.6) is 11.5 Å². The van der Waals surface area contributed by atoms with Gasteiger partial charge in [-0.2, -0.15) is 0 Å². The molecule has 2 N–H and O–H groups in total. The van der Waals surface area contributed by atoms with Crippen molar-refractivity contribution in [3.8, 4) is 46.3 Å². The van der Waals surface area contributed by atoms with Crippen LogP contribution in [0.15, 0.2) is 170 Å². The summed E-state index contributed by atoms with van der Waals surface area (Å²) in [4.78, 5) is 0. The molecule has 0 heterocycles. The Morgan fingerprint density at radius 3 is 1.02 bits per heavy atom. The summed E-state index contributed by atoms with van der Waals surface area (Å²) >= 11 is 0. The number of rotatable bonds is 1. The van der Waals surface area contributed by atoms with Gasteiger partial charge in [-0.3, -0.25) is 0 Å². The SMILES string of the molecule is Oc1c(C#Cc2ccc3ccc4cccc5ccc2c3c45)cc2ccccc2c1-c1c(O)c(C#Cc2ccc3ccc4cccc5ccc2c3c45)cc2ccccc12. The first-order valence-electron chi connectivity index (χ1n) is 19.5. The van der Waals surface area contributed by atoms with Gasteiger partial charge < -0.3 is 10.2 Å². The molecule has 0 fully saturated rings. The number of hydrogen-bond acceptors (Lipinski definition) is 2. The highest BCUT2D eigenvalue weighted by molar-refractivity contribution is 6.25. The summed E-state index contributed by atoms with van der Waals surface area (Å²) in [5.41, 5.74) is 3.78. The Morgan fingerprint density at radius 1 is 0.259 bits per heavy atom. The zero-order valence-corrected chi connectivity index (χ0v) is 31.1. The third-order valence-electron chi connectivity index (χ3n) is 12.0. The van der Waals surface area contributed by atoms with E-state index in [0.29, 0.717) is 22.3 Å². The molecule has 2 heteroatoms. The monoisotopic (exact) mass is 734 g/mol. The number of fused-ring (bicyclic) bond motifs is 2. The van der Waals surface area contributed by atoms with Gasteiger partial charge in [0.05, 0.1) is 11.1 Å². The van der Waals surface area contributed by atoms with Crippen molar-refractivity contribution in [2.75, 3.05) is 0 Å². The maximum Gasteiger partial charge on any atom is 0.139 e. The number of benzene rings is 12. The standard InChI is InChI=1S/C56H30O2/c57-55-43(25-17-33-15-19-39-23-21-35-9-5-11-37-27-29-47(33)51(39)49(35)37)31-41-7-1-3-13-45(41)53(55)54-46-14-4-2-8-42(46)32-44(56(54)58)26-18-34-16-20-40-24-22-36-10-6-12-38-28-30-48(34)52(40)50(36)38/h1-16,19-24,27-32,57-58H. The number of phenols is 2. The van der Waals surface area contributed by atoms with Crippen molar-refractivity contribution in [1.82, 2.24) is 0 Å². The number of phenolic OH excluding ortho intramolecular Hbond substituents is 2. The van der Waals surface area contributed by atoms with Gasteiger partial charge in [0.15, 0.2) is 0 Å². The van der Waals surface area contributed by atoms with E-state index in [1.54, 1.807) is 0 Å². The lowest BCUT2D eigenvalue weighted by Gasteiger charge is -2.17. The van der Waals surface area contributed by atoms with Crippen LogP contribution in [-0.2, 0) is 0 Å². The summed E-state index contributed by atoms with van der Waals surface area (Å²) in [7, 11) is 0. The lowest BCUT2D eigenvalue weighted by Crippen LogP contribution is -1.92. The predicted octanol–water partition coefficient (Wildman–Crippen LogP) is 13.7. The van der Waals surface area contributed by atoms with Crippen LogP contribution < -0.4 is 0 Å². The first kappa shape index (κ1) is 32.2. The van der Waals surface area contributed by atoms with E-state index in [1.807, 2.05) is 60.7 Å². The molecule has 0 saturated carbocycles. The molecule has 266 valence electrons. The Labute approximate surface area is 333 Å². The van der Waals surface area contributed by atoms with Crippen LogP contribution >= 0.6 is 0 Å². The minimum atomic E-state index is 0.0150. The fraction of sp³-hybridized carbons (Fsp3) is 0. The van der Waals surface area contributed by atoms with Gasteiger partial charge in [-0.05, 0) is 110 Å². The number of aromatic hydroxyl groups is 2. The van der Waals surface area contributed by atoms with E-state index in [2.05, 4.69) is 133 Å². The van der Waals surface area contributed by atoms with Gasteiger partial charge in [-0.25, -0.2) is 0 Å². The fourth-order valence-electron chi connectivity index (χ4n) is 9.33. The molecule has 12 aromatic rings. The molecule has 0 unspecified atom stereocenters. The molecular weight excluding hydrogens is 705 g/mol. The molecule has 0 saturated heterocycles. The highest BCUT2D eigenvalue weighted by atomic mass is 16.3. The maximum absolute atomic E-state index is 12.3. The summed E-state index contributed by atoms with van der Waals surface area (Å²) in [6, 6.07) is 58.3. The van der Waals surface area contributed by atoms with E-state index >= 15 is 0 Å². The van der Waals surface area contributed by atoms with Gasteiger partial charge in [0, 0.05) is 22.3 Å². The Kier molecular flexibility index (Phi) is 6.80. The Hall–Kier alpha value is -8.04. The third-order valence-corrected chi connectivity index (χ3v) is 12.0. The molecule has 0 bridgehead atoms. The highest BCUT2D eigenvalue weighted by Crippen LogP contribution is 2.47. The van der Waals surface area contributed by atoms with Crippen molar-refractivity contribution in [2.45, 2.75) is 0 Å². The van der Waals surface area contributed by atoms with E-state index in [4.69, 9.17) is 0 Å². The van der Waals surface area contributed by atoms with E-state index in [-0.39, 0.29) is 11.5 Å². The van der Waals surface area contributed by atoms with Crippen molar-refractivity contribution in [1.29, 1.82) is 0 Å². The average molecular weight is 735 g/mol. The first-order chi connectivity index (χ1) is 28.6. The van der Waals surface area contributed by atoms with Crippen LogP contribution in [0.2, 0.25) is 0 Å². The molecule has 58 heavy (non-hydrogen) atoms. The van der Waals surface area contributed by atoms with E-state index < -0.39 is 0 Å². The summed E-state index contributed by atoms with van der Waals surface area (Å²) in [5, 5.41) is 42.3. The fourth-order valence-corrected chi connectivity index (χ4v) is 9.33. The van der Waals surface area contributed by atoms with Crippen LogP contribution in [-0.4, -0.2) is 10.2 Å². The van der Waals surface area contributed by atoms with Crippen LogP contribution in [0.3, 0.4) is 0 Å². The predicted molar refractivity (Wildman–Crippen MR) is 242 cm³/mol. The highest BCUT2D eigenvalue weighted by Gasteiger charge is 2.22. The summed E-state index contributed by atoms with van der Waals surface area (Å²) in [6.45, 7) is 0. The Balaban J connectivity index is 1.05. The summed E-state index contributed by atoms with van der Waals surface area (Å²) < 4.78 is 0. The number of hydrogen-bond donors (Lipinski definition) is 2. The van der Waals surface area contributed by atoms with Gasteiger partial charge in [0.2, 0.25) is 0 Å². The molecule has 0 aromatic heterocycles. The summed E-state index contributed by atoms with van der Waals surface area (Å²) in [6.07, 6.45) is 0. The molecule has 0 aliphatic rings. The molecule has 2 nitrogen and oxygen atoms in total. The van der Waals surface area contributed by atoms with Crippen molar-refractivity contribution < 1.29 is 10.2 Å². The normalized spacial score (nSPS) is 11.7. The third kappa shape index (κ3) is 4.70. The first-order valence-corrected chi connectivity index (χ1v) is 19.5. The lowest BCUT2D eigenvalue weighted by atomic mass is 9.88. The average Bonchev–Trinajstić information content (AvgIpc) is 3.27. The van der Waals surface area contributed by atoms with Crippen molar-refractivity contribution in [3.05, 3.63) is 192 Å². The van der Waals surface area contributed by atoms with E-state index in [0.717, 1.165) is 43.4 Å². The van der Waals surface area contributed by atoms with Crippen LogP contribution in [0, 0.1) is 23.7 Å². The molecule has 12 aromatic carbocycles. The summed E-state index contributed by atoms with van der Waals surface area (Å²) in [5.74, 6) is 13.6. The largest absolute Gasteiger partial charge is 0.506 e. The minimum Gasteiger partial charge on any atom is -0.506 e. The minimum absolute atomic E-state index is 0.0150. The molecule has 0 radical (unpaired) electrons. The van der Waals surface area contributed by atoms with E-state index in [9.17, 15) is 10.2 Å². The van der Waals surface area contributed by atoms with Gasteiger partial charge in [0.1, 0.15) is 11.5 Å². The van der Waals surface area contributed by atoms with Gasteiger partial charge in [-0.1, -0.05) is 169 Å². The molecule has 0 atom stereocenters. The van der Waals surface area contributed by atoms with Crippen molar-refractivity contribution >= 4 is 86.2 Å². The topological polar surface area (TPSA) is 40.5 Å². The second-order valence-corrected chi connectivity index (χ2v) is 15.2. The zero-order valence-electron chi connectivity index (χ0n) is 31.1. The molecule has 12 rings (SSSR count). The van der Waals surface area contributed by atoms with Crippen molar-refractivity contribution in [2.24, 2.45) is 0 Å². The molecular formula is C56H30O2. The quantitative estimate of drug-likeness (QED) is 0.130. The molecule has 0 spiro atoms.